The fraction of sp³-hybridized carbons (Fsp3) is 0.176. The number of methoxy groups -OCH3 is 1. The van der Waals surface area contributed by atoms with E-state index in [4.69, 9.17) is 4.74 Å². The number of alkyl halides is 1. The average Bonchev–Trinajstić information content (AvgIpc) is 2.81. The van der Waals surface area contributed by atoms with Gasteiger partial charge in [0.15, 0.2) is 5.50 Å². The van der Waals surface area contributed by atoms with Gasteiger partial charge in [0.1, 0.15) is 5.75 Å². The Morgan fingerprint density at radius 3 is 2.13 bits per heavy atom. The standard InChI is InChI=1S/C17H14FNO3S/c1-22-11-6-8-12(9-7-11)23-15(18)10-19-16(20)13-4-2-3-5-14(13)17(19)21/h2-9,15H,10H2,1H3. The van der Waals surface area contributed by atoms with Crippen molar-refractivity contribution in [3.8, 4) is 5.75 Å². The molecule has 0 bridgehead atoms. The van der Waals surface area contributed by atoms with Crippen molar-refractivity contribution in [1.82, 2.24) is 4.90 Å². The molecule has 2 aromatic carbocycles. The molecule has 3 rings (SSSR count). The third-order valence-electron chi connectivity index (χ3n) is 3.53. The van der Waals surface area contributed by atoms with Crippen LogP contribution >= 0.6 is 11.8 Å². The quantitative estimate of drug-likeness (QED) is 0.622. The zero-order chi connectivity index (χ0) is 16.4. The number of hydrogen-bond donors (Lipinski definition) is 0. The summed E-state index contributed by atoms with van der Waals surface area (Å²) in [6, 6.07) is 13.5. The minimum atomic E-state index is -1.40. The van der Waals surface area contributed by atoms with Gasteiger partial charge in [-0.1, -0.05) is 23.9 Å². The molecule has 1 aliphatic heterocycles. The van der Waals surface area contributed by atoms with Gasteiger partial charge in [-0.25, -0.2) is 4.39 Å². The number of amides is 2. The Balaban J connectivity index is 1.67. The number of imide groups is 1. The van der Waals surface area contributed by atoms with Crippen molar-refractivity contribution < 1.29 is 18.7 Å². The van der Waals surface area contributed by atoms with Crippen LogP contribution in [0.1, 0.15) is 20.7 Å². The summed E-state index contributed by atoms with van der Waals surface area (Å²) in [5, 5.41) is 0. The molecule has 1 aliphatic rings. The van der Waals surface area contributed by atoms with E-state index < -0.39 is 17.3 Å². The Kier molecular flexibility index (Phi) is 4.34. The molecule has 0 radical (unpaired) electrons. The molecule has 0 spiro atoms. The molecule has 0 saturated carbocycles. The monoisotopic (exact) mass is 331 g/mol. The first kappa shape index (κ1) is 15.6. The van der Waals surface area contributed by atoms with Gasteiger partial charge in [-0.05, 0) is 36.4 Å². The van der Waals surface area contributed by atoms with E-state index in [1.165, 1.54) is 0 Å². The lowest BCUT2D eigenvalue weighted by atomic mass is 10.1. The lowest BCUT2D eigenvalue weighted by Gasteiger charge is -2.16. The molecule has 6 heteroatoms. The molecule has 0 N–H and O–H groups in total. The molecule has 23 heavy (non-hydrogen) atoms. The maximum Gasteiger partial charge on any atom is 0.261 e. The number of ether oxygens (including phenoxy) is 1. The van der Waals surface area contributed by atoms with Crippen LogP contribution in [0.3, 0.4) is 0 Å². The lowest BCUT2D eigenvalue weighted by Crippen LogP contribution is -2.34. The summed E-state index contributed by atoms with van der Waals surface area (Å²) in [4.78, 5) is 26.1. The lowest BCUT2D eigenvalue weighted by molar-refractivity contribution is 0.0637. The first-order valence-corrected chi connectivity index (χ1v) is 7.88. The number of rotatable bonds is 5. The summed E-state index contributed by atoms with van der Waals surface area (Å²) in [5.41, 5.74) is -0.732. The first-order valence-electron chi connectivity index (χ1n) is 7.00. The highest BCUT2D eigenvalue weighted by Gasteiger charge is 2.36. The van der Waals surface area contributed by atoms with Gasteiger partial charge in [0.05, 0.1) is 24.8 Å². The number of carbonyl (C=O) groups is 2. The second kappa shape index (κ2) is 6.42. The molecule has 2 amide bonds. The van der Waals surface area contributed by atoms with Crippen LogP contribution in [0.15, 0.2) is 53.4 Å². The van der Waals surface area contributed by atoms with Crippen molar-refractivity contribution in [3.05, 3.63) is 59.7 Å². The topological polar surface area (TPSA) is 46.6 Å². The third-order valence-corrected chi connectivity index (χ3v) is 4.48. The van der Waals surface area contributed by atoms with Crippen LogP contribution in [0.25, 0.3) is 0 Å². The highest BCUT2D eigenvalue weighted by Crippen LogP contribution is 2.29. The fourth-order valence-electron chi connectivity index (χ4n) is 2.39. The van der Waals surface area contributed by atoms with Crippen molar-refractivity contribution in [2.75, 3.05) is 13.7 Å². The van der Waals surface area contributed by atoms with Gasteiger partial charge in [0.2, 0.25) is 0 Å². The number of halogens is 1. The van der Waals surface area contributed by atoms with Crippen LogP contribution in [0.2, 0.25) is 0 Å². The molecule has 1 heterocycles. The predicted molar refractivity (Wildman–Crippen MR) is 85.6 cm³/mol. The van der Waals surface area contributed by atoms with Gasteiger partial charge in [-0.15, -0.1) is 0 Å². The number of hydrogen-bond acceptors (Lipinski definition) is 4. The molecular formula is C17H14FNO3S. The molecule has 118 valence electrons. The Morgan fingerprint density at radius 1 is 1.04 bits per heavy atom. The largest absolute Gasteiger partial charge is 0.497 e. The summed E-state index contributed by atoms with van der Waals surface area (Å²) < 4.78 is 19.3. The molecule has 4 nitrogen and oxygen atoms in total. The zero-order valence-corrected chi connectivity index (χ0v) is 13.2. The van der Waals surface area contributed by atoms with Crippen molar-refractivity contribution in [2.45, 2.75) is 10.4 Å². The van der Waals surface area contributed by atoms with E-state index in [0.29, 0.717) is 21.8 Å². The molecule has 0 aromatic heterocycles. The Labute approximate surface area is 137 Å². The molecule has 0 aliphatic carbocycles. The van der Waals surface area contributed by atoms with E-state index in [0.717, 1.165) is 16.7 Å². The Hall–Kier alpha value is -2.34. The maximum absolute atomic E-state index is 14.3. The highest BCUT2D eigenvalue weighted by molar-refractivity contribution is 7.99. The summed E-state index contributed by atoms with van der Waals surface area (Å²) in [6.07, 6.45) is 0. The number of fused-ring (bicyclic) bond motifs is 1. The number of thioether (sulfide) groups is 1. The first-order chi connectivity index (χ1) is 11.1. The van der Waals surface area contributed by atoms with E-state index in [-0.39, 0.29) is 6.54 Å². The fourth-order valence-corrected chi connectivity index (χ4v) is 3.20. The smallest absolute Gasteiger partial charge is 0.261 e. The van der Waals surface area contributed by atoms with E-state index in [2.05, 4.69) is 0 Å². The number of benzene rings is 2. The van der Waals surface area contributed by atoms with Gasteiger partial charge in [0.25, 0.3) is 11.8 Å². The van der Waals surface area contributed by atoms with Crippen molar-refractivity contribution >= 4 is 23.6 Å². The van der Waals surface area contributed by atoms with Crippen LogP contribution in [0.4, 0.5) is 4.39 Å². The predicted octanol–water partition coefficient (Wildman–Crippen LogP) is 3.38. The van der Waals surface area contributed by atoms with Gasteiger partial charge in [-0.3, -0.25) is 14.5 Å². The van der Waals surface area contributed by atoms with Gasteiger partial charge in [0, 0.05) is 4.90 Å². The van der Waals surface area contributed by atoms with Gasteiger partial charge < -0.3 is 4.74 Å². The van der Waals surface area contributed by atoms with Crippen LogP contribution in [-0.4, -0.2) is 35.9 Å². The van der Waals surface area contributed by atoms with Crippen molar-refractivity contribution in [3.63, 3.8) is 0 Å². The van der Waals surface area contributed by atoms with E-state index in [1.54, 1.807) is 55.6 Å². The summed E-state index contributed by atoms with van der Waals surface area (Å²) in [6.45, 7) is -0.275. The van der Waals surface area contributed by atoms with E-state index in [1.807, 2.05) is 0 Å². The van der Waals surface area contributed by atoms with Crippen LogP contribution in [0, 0.1) is 0 Å². The van der Waals surface area contributed by atoms with Crippen LogP contribution in [0.5, 0.6) is 5.75 Å². The molecular weight excluding hydrogens is 317 g/mol. The second-order valence-electron chi connectivity index (χ2n) is 4.97. The summed E-state index contributed by atoms with van der Waals surface area (Å²) in [5.74, 6) is -0.197. The average molecular weight is 331 g/mol. The normalized spacial score (nSPS) is 14.8. The molecule has 2 aromatic rings. The van der Waals surface area contributed by atoms with Gasteiger partial charge in [-0.2, -0.15) is 0 Å². The SMILES string of the molecule is COc1ccc(SC(F)CN2C(=O)c3ccccc3C2=O)cc1. The minimum Gasteiger partial charge on any atom is -0.497 e. The van der Waals surface area contributed by atoms with Crippen LogP contribution in [-0.2, 0) is 0 Å². The molecule has 0 saturated heterocycles. The highest BCUT2D eigenvalue weighted by atomic mass is 32.2. The maximum atomic E-state index is 14.3. The molecule has 1 unspecified atom stereocenters. The number of nitrogens with zero attached hydrogens (tertiary/aromatic N) is 1. The van der Waals surface area contributed by atoms with E-state index >= 15 is 0 Å². The second-order valence-corrected chi connectivity index (χ2v) is 6.19. The number of carbonyl (C=O) groups excluding carboxylic acids is 2. The van der Waals surface area contributed by atoms with Crippen molar-refractivity contribution in [1.29, 1.82) is 0 Å². The third kappa shape index (κ3) is 3.07. The van der Waals surface area contributed by atoms with Gasteiger partial charge >= 0.3 is 0 Å². The minimum absolute atomic E-state index is 0.275. The zero-order valence-electron chi connectivity index (χ0n) is 12.4. The van der Waals surface area contributed by atoms with E-state index in [9.17, 15) is 14.0 Å². The Bertz CT molecular complexity index is 713. The summed E-state index contributed by atoms with van der Waals surface area (Å²) in [7, 11) is 1.56. The Morgan fingerprint density at radius 2 is 1.61 bits per heavy atom. The molecule has 0 fully saturated rings. The van der Waals surface area contributed by atoms with Crippen LogP contribution < -0.4 is 4.74 Å². The van der Waals surface area contributed by atoms with Crippen molar-refractivity contribution in [2.24, 2.45) is 0 Å². The summed E-state index contributed by atoms with van der Waals surface area (Å²) >= 11 is 0.964. The molecule has 1 atom stereocenters.